The molecule has 0 bridgehead atoms. The van der Waals surface area contributed by atoms with Crippen molar-refractivity contribution in [3.05, 3.63) is 32.3 Å². The van der Waals surface area contributed by atoms with Gasteiger partial charge in [-0.3, -0.25) is 30.3 Å². The lowest BCUT2D eigenvalue weighted by Crippen LogP contribution is -2.75. The molecule has 3 unspecified atom stereocenters. The number of nitro groups is 1. The number of fused-ring (bicyclic) bond motifs is 4. The molecule has 0 aromatic heterocycles. The third-order valence-electron chi connectivity index (χ3n) is 5.54. The van der Waals surface area contributed by atoms with Crippen LogP contribution in [0.15, 0.2) is 16.6 Å². The van der Waals surface area contributed by atoms with Gasteiger partial charge in [-0.1, -0.05) is 15.9 Å². The molecule has 0 radical (unpaired) electrons. The highest BCUT2D eigenvalue weighted by atomic mass is 79.9. The van der Waals surface area contributed by atoms with Crippen molar-refractivity contribution in [2.24, 2.45) is 5.41 Å². The highest BCUT2D eigenvalue weighted by Gasteiger charge is 2.63. The van der Waals surface area contributed by atoms with E-state index in [1.165, 1.54) is 6.07 Å². The molecular weight excluding hydrogens is 436 g/mol. The quantitative estimate of drug-likeness (QED) is 0.372. The minimum absolute atomic E-state index is 0.0865. The fourth-order valence-corrected chi connectivity index (χ4v) is 5.16. The van der Waals surface area contributed by atoms with Crippen LogP contribution < -0.4 is 15.5 Å². The van der Waals surface area contributed by atoms with Crippen molar-refractivity contribution in [2.45, 2.75) is 38.5 Å². The number of amides is 4. The van der Waals surface area contributed by atoms with Gasteiger partial charge in [-0.05, 0) is 25.5 Å². The zero-order valence-electron chi connectivity index (χ0n) is 15.0. The average molecular weight is 453 g/mol. The van der Waals surface area contributed by atoms with Crippen LogP contribution in [0.25, 0.3) is 0 Å². The Labute approximate surface area is 167 Å². The topological polar surface area (TPSA) is 131 Å². The zero-order chi connectivity index (χ0) is 20.4. The third-order valence-corrected chi connectivity index (χ3v) is 6.00. The van der Waals surface area contributed by atoms with E-state index in [1.807, 2.05) is 6.92 Å². The molecule has 3 heterocycles. The second kappa shape index (κ2) is 6.24. The normalized spacial score (nSPS) is 28.3. The van der Waals surface area contributed by atoms with Gasteiger partial charge >= 0.3 is 6.03 Å². The first-order valence-corrected chi connectivity index (χ1v) is 9.50. The van der Waals surface area contributed by atoms with Crippen LogP contribution in [0.2, 0.25) is 0 Å². The van der Waals surface area contributed by atoms with Crippen LogP contribution in [0.1, 0.15) is 19.4 Å². The van der Waals surface area contributed by atoms with Crippen LogP contribution >= 0.6 is 15.9 Å². The highest BCUT2D eigenvalue weighted by Crippen LogP contribution is 2.50. The maximum atomic E-state index is 13.0. The summed E-state index contributed by atoms with van der Waals surface area (Å²) in [5, 5.41) is 16.1. The van der Waals surface area contributed by atoms with Crippen LogP contribution in [-0.2, 0) is 20.7 Å². The number of hydrogen-bond acceptors (Lipinski definition) is 7. The Morgan fingerprint density at radius 3 is 2.50 bits per heavy atom. The van der Waals surface area contributed by atoms with Crippen molar-refractivity contribution in [3.63, 3.8) is 0 Å². The maximum Gasteiger partial charge on any atom is 0.328 e. The smallest absolute Gasteiger partial charge is 0.328 e. The Hall–Kier alpha value is -2.53. The van der Waals surface area contributed by atoms with Crippen molar-refractivity contribution in [2.75, 3.05) is 11.4 Å². The number of hydrogen-bond donors (Lipinski definition) is 2. The molecule has 148 valence electrons. The lowest BCUT2D eigenvalue weighted by atomic mass is 9.66. The summed E-state index contributed by atoms with van der Waals surface area (Å²) in [5.74, 6) is -1.45. The summed E-state index contributed by atoms with van der Waals surface area (Å²) in [4.78, 5) is 50.5. The first kappa shape index (κ1) is 18.8. The summed E-state index contributed by atoms with van der Waals surface area (Å²) in [6.07, 6.45) is -0.935. The molecule has 28 heavy (non-hydrogen) atoms. The Morgan fingerprint density at radius 2 is 1.89 bits per heavy atom. The molecule has 3 atom stereocenters. The first-order chi connectivity index (χ1) is 13.1. The van der Waals surface area contributed by atoms with Crippen molar-refractivity contribution in [1.82, 2.24) is 10.6 Å². The van der Waals surface area contributed by atoms with Gasteiger partial charge < -0.3 is 9.64 Å². The summed E-state index contributed by atoms with van der Waals surface area (Å²) in [5.41, 5.74) is -0.894. The molecule has 4 amide bonds. The van der Waals surface area contributed by atoms with E-state index < -0.39 is 40.3 Å². The summed E-state index contributed by atoms with van der Waals surface area (Å²) < 4.78 is 6.35. The van der Waals surface area contributed by atoms with Gasteiger partial charge in [-0.25, -0.2) is 4.79 Å². The lowest BCUT2D eigenvalue weighted by Gasteiger charge is -2.55. The molecule has 2 N–H and O–H groups in total. The van der Waals surface area contributed by atoms with Gasteiger partial charge in [0.25, 0.3) is 5.69 Å². The third kappa shape index (κ3) is 2.53. The number of imide groups is 2. The van der Waals surface area contributed by atoms with Crippen molar-refractivity contribution in [3.8, 4) is 0 Å². The van der Waals surface area contributed by atoms with E-state index in [-0.39, 0.29) is 24.8 Å². The number of ether oxygens (including phenoxy) is 1. The van der Waals surface area contributed by atoms with Gasteiger partial charge in [0.05, 0.1) is 23.2 Å². The molecule has 3 aliphatic heterocycles. The number of nitrogens with zero attached hydrogens (tertiary/aromatic N) is 2. The number of nitrogens with one attached hydrogen (secondary N) is 2. The van der Waals surface area contributed by atoms with Gasteiger partial charge in [0.1, 0.15) is 5.69 Å². The summed E-state index contributed by atoms with van der Waals surface area (Å²) in [6.45, 7) is 3.81. The Balaban J connectivity index is 1.99. The van der Waals surface area contributed by atoms with E-state index in [2.05, 4.69) is 26.6 Å². The largest absolute Gasteiger partial charge is 0.372 e. The SMILES string of the molecule is CC1CN2c3c(cc(Br)cc3[N+](=O)[O-])CC3(C(=O)NC(=O)NC3=O)C2C(C)O1. The predicted molar refractivity (Wildman–Crippen MR) is 99.8 cm³/mol. The number of halogens is 1. The van der Waals surface area contributed by atoms with Gasteiger partial charge in [0.15, 0.2) is 5.41 Å². The maximum absolute atomic E-state index is 13.0. The van der Waals surface area contributed by atoms with E-state index in [4.69, 9.17) is 4.74 Å². The average Bonchev–Trinajstić information content (AvgIpc) is 2.57. The molecule has 0 saturated carbocycles. The Bertz CT molecular complexity index is 914. The number of urea groups is 1. The molecule has 4 rings (SSSR count). The van der Waals surface area contributed by atoms with Gasteiger partial charge in [0, 0.05) is 23.5 Å². The standard InChI is InChI=1S/C17H17BrN4O6/c1-7-6-21-12-9(3-10(18)4-11(12)22(26)27)5-17(13(21)8(2)28-7)14(23)19-16(25)20-15(17)24/h3-4,7-8,13H,5-6H2,1-2H3,(H2,19,20,23,24,25). The summed E-state index contributed by atoms with van der Waals surface area (Å²) in [6, 6.07) is 1.39. The number of nitro benzene ring substituents is 1. The molecule has 1 aromatic carbocycles. The lowest BCUT2D eigenvalue weighted by molar-refractivity contribution is -0.384. The van der Waals surface area contributed by atoms with E-state index in [1.54, 1.807) is 17.9 Å². The first-order valence-electron chi connectivity index (χ1n) is 8.71. The van der Waals surface area contributed by atoms with Crippen LogP contribution in [0.4, 0.5) is 16.2 Å². The van der Waals surface area contributed by atoms with Crippen LogP contribution in [0, 0.1) is 15.5 Å². The summed E-state index contributed by atoms with van der Waals surface area (Å²) >= 11 is 3.27. The number of anilines is 1. The number of barbiturate groups is 1. The van der Waals surface area contributed by atoms with Crippen LogP contribution in [0.3, 0.4) is 0 Å². The number of benzene rings is 1. The monoisotopic (exact) mass is 452 g/mol. The van der Waals surface area contributed by atoms with Gasteiger partial charge in [0.2, 0.25) is 11.8 Å². The van der Waals surface area contributed by atoms with Gasteiger partial charge in [-0.2, -0.15) is 0 Å². The fraction of sp³-hybridized carbons (Fsp3) is 0.471. The number of carbonyl (C=O) groups excluding carboxylic acids is 3. The number of carbonyl (C=O) groups is 3. The molecule has 2 fully saturated rings. The minimum Gasteiger partial charge on any atom is -0.372 e. The molecule has 0 aliphatic carbocycles. The van der Waals surface area contributed by atoms with Crippen LogP contribution in [-0.4, -0.2) is 47.6 Å². The molecule has 1 spiro atoms. The molecule has 3 aliphatic rings. The zero-order valence-corrected chi connectivity index (χ0v) is 16.6. The highest BCUT2D eigenvalue weighted by molar-refractivity contribution is 9.10. The molecule has 1 aromatic rings. The minimum atomic E-state index is -1.64. The fourth-order valence-electron chi connectivity index (χ4n) is 4.67. The molecular formula is C17H17BrN4O6. The van der Waals surface area contributed by atoms with Crippen molar-refractivity contribution in [1.29, 1.82) is 0 Å². The van der Waals surface area contributed by atoms with Crippen molar-refractivity contribution >= 4 is 45.2 Å². The van der Waals surface area contributed by atoms with Gasteiger partial charge in [-0.15, -0.1) is 0 Å². The molecule has 10 nitrogen and oxygen atoms in total. The molecule has 11 heteroatoms. The Morgan fingerprint density at radius 1 is 1.25 bits per heavy atom. The van der Waals surface area contributed by atoms with E-state index in [0.717, 1.165) is 0 Å². The van der Waals surface area contributed by atoms with E-state index >= 15 is 0 Å². The second-order valence-electron chi connectivity index (χ2n) is 7.32. The van der Waals surface area contributed by atoms with Crippen LogP contribution in [0.5, 0.6) is 0 Å². The number of morpholine rings is 1. The predicted octanol–water partition coefficient (Wildman–Crippen LogP) is 1.25. The molecule has 2 saturated heterocycles. The van der Waals surface area contributed by atoms with E-state index in [9.17, 15) is 24.5 Å². The van der Waals surface area contributed by atoms with E-state index in [0.29, 0.717) is 15.7 Å². The summed E-state index contributed by atoms with van der Waals surface area (Å²) in [7, 11) is 0. The second-order valence-corrected chi connectivity index (χ2v) is 8.24. The van der Waals surface area contributed by atoms with Crippen molar-refractivity contribution < 1.29 is 24.0 Å². The number of rotatable bonds is 1. The Kier molecular flexibility index (Phi) is 4.19.